The average Bonchev–Trinajstić information content (AvgIpc) is 2.66. The van der Waals surface area contributed by atoms with Crippen molar-refractivity contribution < 1.29 is 9.53 Å². The van der Waals surface area contributed by atoms with Crippen LogP contribution >= 0.6 is 23.4 Å². The van der Waals surface area contributed by atoms with Gasteiger partial charge in [0.15, 0.2) is 5.56 Å². The van der Waals surface area contributed by atoms with E-state index >= 15 is 0 Å². The smallest absolute Gasteiger partial charge is 0.416 e. The number of thioether (sulfide) groups is 1. The third-order valence-electron chi connectivity index (χ3n) is 2.50. The highest BCUT2D eigenvalue weighted by Gasteiger charge is 2.35. The standard InChI is InChI=1S/C13H14ClNO2S/c1-3-6-12-15(13(16)17-9(2)14)10-7-4-5-8-11(10)18-12/h3-5,7-9,12H,1,6H2,2H3. The highest BCUT2D eigenvalue weighted by molar-refractivity contribution is 8.00. The first-order valence-electron chi connectivity index (χ1n) is 5.64. The molecule has 1 aliphatic heterocycles. The maximum absolute atomic E-state index is 12.1. The van der Waals surface area contributed by atoms with Crippen LogP contribution in [0, 0.1) is 0 Å². The molecule has 0 fully saturated rings. The van der Waals surface area contributed by atoms with Crippen molar-refractivity contribution in [2.24, 2.45) is 0 Å². The summed E-state index contributed by atoms with van der Waals surface area (Å²) in [6.45, 7) is 5.35. The van der Waals surface area contributed by atoms with E-state index in [4.69, 9.17) is 16.3 Å². The van der Waals surface area contributed by atoms with E-state index in [1.165, 1.54) is 0 Å². The zero-order valence-corrected chi connectivity index (χ0v) is 11.6. The van der Waals surface area contributed by atoms with Gasteiger partial charge in [-0.05, 0) is 25.5 Å². The Hall–Kier alpha value is -1.13. The van der Waals surface area contributed by atoms with Crippen LogP contribution in [0.4, 0.5) is 10.5 Å². The van der Waals surface area contributed by atoms with Gasteiger partial charge in [0, 0.05) is 4.90 Å². The molecule has 1 amide bonds. The third kappa shape index (κ3) is 2.65. The number of benzene rings is 1. The van der Waals surface area contributed by atoms with Crippen LogP contribution in [-0.2, 0) is 4.74 Å². The SMILES string of the molecule is C=CCC1Sc2ccccc2N1C(=O)OC(C)Cl. The summed E-state index contributed by atoms with van der Waals surface area (Å²) < 4.78 is 5.07. The van der Waals surface area contributed by atoms with Gasteiger partial charge in [-0.25, -0.2) is 4.79 Å². The topological polar surface area (TPSA) is 29.5 Å². The van der Waals surface area contributed by atoms with Gasteiger partial charge in [-0.2, -0.15) is 0 Å². The largest absolute Gasteiger partial charge is 0.430 e. The summed E-state index contributed by atoms with van der Waals surface area (Å²) in [6.07, 6.45) is 2.08. The fourth-order valence-corrected chi connectivity index (χ4v) is 3.17. The minimum Gasteiger partial charge on any atom is -0.430 e. The summed E-state index contributed by atoms with van der Waals surface area (Å²) in [5, 5.41) is -0.0113. The lowest BCUT2D eigenvalue weighted by atomic mass is 10.3. The number of hydrogen-bond acceptors (Lipinski definition) is 3. The van der Waals surface area contributed by atoms with Gasteiger partial charge >= 0.3 is 6.09 Å². The molecule has 3 nitrogen and oxygen atoms in total. The summed E-state index contributed by atoms with van der Waals surface area (Å²) in [5.41, 5.74) is 0.233. The number of halogens is 1. The van der Waals surface area contributed by atoms with Gasteiger partial charge in [-0.3, -0.25) is 4.90 Å². The number of nitrogens with zero attached hydrogens (tertiary/aromatic N) is 1. The van der Waals surface area contributed by atoms with Gasteiger partial charge in [-0.15, -0.1) is 6.58 Å². The Morgan fingerprint density at radius 2 is 2.39 bits per heavy atom. The third-order valence-corrected chi connectivity index (χ3v) is 3.87. The number of carbonyl (C=O) groups is 1. The Morgan fingerprint density at radius 1 is 1.67 bits per heavy atom. The quantitative estimate of drug-likeness (QED) is 0.614. The molecule has 2 unspecified atom stereocenters. The molecule has 0 saturated heterocycles. The lowest BCUT2D eigenvalue weighted by Crippen LogP contribution is -2.36. The van der Waals surface area contributed by atoms with Gasteiger partial charge in [0.05, 0.1) is 11.1 Å². The number of alkyl halides is 1. The molecule has 0 spiro atoms. The number of rotatable bonds is 3. The van der Waals surface area contributed by atoms with Gasteiger partial charge < -0.3 is 4.74 Å². The van der Waals surface area contributed by atoms with Gasteiger partial charge in [0.2, 0.25) is 0 Å². The molecule has 0 radical (unpaired) electrons. The van der Waals surface area contributed by atoms with Crippen molar-refractivity contribution in [1.82, 2.24) is 0 Å². The molecule has 5 heteroatoms. The number of anilines is 1. The van der Waals surface area contributed by atoms with E-state index < -0.39 is 11.7 Å². The van der Waals surface area contributed by atoms with Crippen LogP contribution in [0.2, 0.25) is 0 Å². The molecule has 2 rings (SSSR count). The van der Waals surface area contributed by atoms with Crippen LogP contribution in [0.15, 0.2) is 41.8 Å². The van der Waals surface area contributed by atoms with E-state index in [0.717, 1.165) is 10.6 Å². The van der Waals surface area contributed by atoms with Crippen molar-refractivity contribution in [2.45, 2.75) is 29.2 Å². The Bertz CT molecular complexity index is 464. The molecule has 1 aromatic rings. The van der Waals surface area contributed by atoms with E-state index in [2.05, 4.69) is 6.58 Å². The number of ether oxygens (including phenoxy) is 1. The fraction of sp³-hybridized carbons (Fsp3) is 0.308. The van der Waals surface area contributed by atoms with Crippen LogP contribution in [0.5, 0.6) is 0 Å². The molecule has 0 N–H and O–H groups in total. The highest BCUT2D eigenvalue weighted by atomic mass is 35.5. The van der Waals surface area contributed by atoms with E-state index in [-0.39, 0.29) is 5.37 Å². The lowest BCUT2D eigenvalue weighted by Gasteiger charge is -2.23. The van der Waals surface area contributed by atoms with E-state index in [0.29, 0.717) is 6.42 Å². The highest BCUT2D eigenvalue weighted by Crippen LogP contribution is 2.44. The zero-order chi connectivity index (χ0) is 13.1. The maximum atomic E-state index is 12.1. The first-order chi connectivity index (χ1) is 8.63. The molecule has 0 aliphatic carbocycles. The van der Waals surface area contributed by atoms with E-state index in [1.54, 1.807) is 29.7 Å². The Labute approximate surface area is 116 Å². The van der Waals surface area contributed by atoms with Crippen LogP contribution in [-0.4, -0.2) is 17.0 Å². The molecule has 0 bridgehead atoms. The van der Waals surface area contributed by atoms with Crippen LogP contribution in [0.1, 0.15) is 13.3 Å². The number of fused-ring (bicyclic) bond motifs is 1. The van der Waals surface area contributed by atoms with Crippen LogP contribution in [0.25, 0.3) is 0 Å². The second-order valence-corrected chi connectivity index (χ2v) is 5.70. The lowest BCUT2D eigenvalue weighted by molar-refractivity contribution is 0.146. The molecule has 2 atom stereocenters. The van der Waals surface area contributed by atoms with Gasteiger partial charge in [0.1, 0.15) is 0 Å². The summed E-state index contributed by atoms with van der Waals surface area (Å²) in [6, 6.07) is 7.76. The number of hydrogen-bond donors (Lipinski definition) is 0. The number of para-hydroxylation sites is 1. The Balaban J connectivity index is 2.28. The molecule has 18 heavy (non-hydrogen) atoms. The first kappa shape index (κ1) is 13.3. The summed E-state index contributed by atoms with van der Waals surface area (Å²) >= 11 is 7.34. The number of carbonyl (C=O) groups excluding carboxylic acids is 1. The normalized spacial score (nSPS) is 19.2. The van der Waals surface area contributed by atoms with Crippen molar-refractivity contribution in [2.75, 3.05) is 4.90 Å². The number of amides is 1. The average molecular weight is 284 g/mol. The molecule has 0 saturated carbocycles. The van der Waals surface area contributed by atoms with Crippen LogP contribution in [0.3, 0.4) is 0 Å². The van der Waals surface area contributed by atoms with E-state index in [9.17, 15) is 4.79 Å². The first-order valence-corrected chi connectivity index (χ1v) is 6.95. The maximum Gasteiger partial charge on any atom is 0.416 e. The second-order valence-electron chi connectivity index (χ2n) is 3.86. The summed E-state index contributed by atoms with van der Waals surface area (Å²) in [4.78, 5) is 14.8. The van der Waals surface area contributed by atoms with E-state index in [1.807, 2.05) is 24.3 Å². The molecule has 1 aromatic carbocycles. The second kappa shape index (κ2) is 5.67. The molecular formula is C13H14ClNO2S. The molecule has 1 aliphatic rings. The molecule has 1 heterocycles. The van der Waals surface area contributed by atoms with Crippen LogP contribution < -0.4 is 4.90 Å². The minimum atomic E-state index is -0.639. The van der Waals surface area contributed by atoms with Crippen molar-refractivity contribution in [3.63, 3.8) is 0 Å². The minimum absolute atomic E-state index is 0.0113. The summed E-state index contributed by atoms with van der Waals surface area (Å²) in [7, 11) is 0. The van der Waals surface area contributed by atoms with Crippen molar-refractivity contribution in [1.29, 1.82) is 0 Å². The van der Waals surface area contributed by atoms with Gasteiger partial charge in [-0.1, -0.05) is 41.6 Å². The molecular weight excluding hydrogens is 270 g/mol. The molecule has 96 valence electrons. The van der Waals surface area contributed by atoms with Crippen molar-refractivity contribution in [3.8, 4) is 0 Å². The van der Waals surface area contributed by atoms with Gasteiger partial charge in [0.25, 0.3) is 0 Å². The fourth-order valence-electron chi connectivity index (χ4n) is 1.82. The Kier molecular flexibility index (Phi) is 4.19. The summed E-state index contributed by atoms with van der Waals surface area (Å²) in [5.74, 6) is 0. The molecule has 0 aromatic heterocycles. The Morgan fingerprint density at radius 3 is 3.06 bits per heavy atom. The predicted octanol–water partition coefficient (Wildman–Crippen LogP) is 4.22. The monoisotopic (exact) mass is 283 g/mol. The zero-order valence-electron chi connectivity index (χ0n) is 10.0. The van der Waals surface area contributed by atoms with Crippen molar-refractivity contribution >= 4 is 35.1 Å². The van der Waals surface area contributed by atoms with Crippen molar-refractivity contribution in [3.05, 3.63) is 36.9 Å². The predicted molar refractivity (Wildman–Crippen MR) is 75.2 cm³/mol.